The van der Waals surface area contributed by atoms with Crippen LogP contribution in [0.4, 0.5) is 15.4 Å². The summed E-state index contributed by atoms with van der Waals surface area (Å²) in [5.74, 6) is 0.166. The molecule has 2 aliphatic carbocycles. The van der Waals surface area contributed by atoms with E-state index < -0.39 is 47.9 Å². The van der Waals surface area contributed by atoms with Crippen molar-refractivity contribution < 1.29 is 43.1 Å². The van der Waals surface area contributed by atoms with Crippen molar-refractivity contribution in [2.75, 3.05) is 38.9 Å². The Morgan fingerprint density at radius 1 is 0.630 bits per heavy atom. The van der Waals surface area contributed by atoms with Crippen molar-refractivity contribution in [1.82, 2.24) is 9.55 Å². The van der Waals surface area contributed by atoms with Crippen LogP contribution in [0, 0.1) is 0 Å². The Morgan fingerprint density at radius 2 is 1.11 bits per heavy atom. The van der Waals surface area contributed by atoms with Crippen LogP contribution in [0.3, 0.4) is 0 Å². The first-order valence-corrected chi connectivity index (χ1v) is 24.2. The van der Waals surface area contributed by atoms with Crippen LogP contribution < -0.4 is 15.7 Å². The fourth-order valence-corrected chi connectivity index (χ4v) is 10.7. The van der Waals surface area contributed by atoms with E-state index in [1.54, 1.807) is 7.11 Å². The maximum Gasteiger partial charge on any atom is 0.508 e. The van der Waals surface area contributed by atoms with Gasteiger partial charge in [0.05, 0.1) is 20.3 Å². The lowest BCUT2D eigenvalue weighted by atomic mass is 9.80. The maximum absolute atomic E-state index is 14.0. The third-order valence-corrected chi connectivity index (χ3v) is 14.2. The number of aliphatic hydroxyl groups excluding tert-OH is 1. The zero-order valence-corrected chi connectivity index (χ0v) is 39.8. The van der Waals surface area contributed by atoms with Crippen LogP contribution in [0.2, 0.25) is 0 Å². The van der Waals surface area contributed by atoms with Crippen LogP contribution in [0.5, 0.6) is 5.75 Å². The standard InChI is InChI=1S/C60H51N3O10/c1-68-41-30-28-40(29-31-41)60(38-16-4-2-5-17-38,39-18-6-3-7-19-39)72-37-53-55(64)56(73-59(67)71-35-51-48-26-14-10-22-44(48)45-23-11-15-27-49(45)51)52(36-69-53)63-33-32-54(61-57(63)65)62-58(66)70-34-50-46-24-12-8-20-42(46)43-21-9-13-25-47(43)50/h2-33,50-53,55-56,64H,34-37H2,1H3,(H,61,62,65,66)/t52-,53-,55-,56+/m1/s1. The number of methoxy groups -OCH3 is 1. The summed E-state index contributed by atoms with van der Waals surface area (Å²) >= 11 is 0. The minimum atomic E-state index is -1.55. The van der Waals surface area contributed by atoms with Gasteiger partial charge in [0, 0.05) is 18.0 Å². The van der Waals surface area contributed by atoms with Crippen molar-refractivity contribution in [3.8, 4) is 28.0 Å². The summed E-state index contributed by atoms with van der Waals surface area (Å²) in [6.07, 6.45) is -4.47. The molecule has 1 aliphatic heterocycles. The number of hydrogen-bond acceptors (Lipinski definition) is 11. The molecule has 8 aromatic rings. The van der Waals surface area contributed by atoms with Gasteiger partial charge in [-0.3, -0.25) is 9.88 Å². The van der Waals surface area contributed by atoms with Gasteiger partial charge in [-0.15, -0.1) is 0 Å². The number of nitrogens with zero attached hydrogens (tertiary/aromatic N) is 2. The van der Waals surface area contributed by atoms with Crippen molar-refractivity contribution in [2.45, 2.75) is 41.8 Å². The van der Waals surface area contributed by atoms with Crippen molar-refractivity contribution in [3.05, 3.63) is 244 Å². The predicted molar refractivity (Wildman–Crippen MR) is 274 cm³/mol. The molecule has 3 aliphatic rings. The summed E-state index contributed by atoms with van der Waals surface area (Å²) in [7, 11) is 1.60. The molecule has 4 atom stereocenters. The number of carbonyl (C=O) groups is 2. The summed E-state index contributed by atoms with van der Waals surface area (Å²) < 4.78 is 37.9. The number of ether oxygens (including phenoxy) is 6. The number of aliphatic hydroxyl groups is 1. The molecule has 0 radical (unpaired) electrons. The molecule has 366 valence electrons. The highest BCUT2D eigenvalue weighted by Crippen LogP contribution is 2.47. The number of rotatable bonds is 14. The molecule has 0 unspecified atom stereocenters. The summed E-state index contributed by atoms with van der Waals surface area (Å²) in [5, 5.41) is 15.0. The van der Waals surface area contributed by atoms with Gasteiger partial charge in [-0.25, -0.2) is 14.4 Å². The topological polar surface area (TPSA) is 157 Å². The third-order valence-electron chi connectivity index (χ3n) is 14.2. The second-order valence-electron chi connectivity index (χ2n) is 18.2. The van der Waals surface area contributed by atoms with E-state index in [-0.39, 0.29) is 44.1 Å². The Hall–Kier alpha value is -8.36. The number of fused-ring (bicyclic) bond motifs is 6. The molecule has 0 bridgehead atoms. The largest absolute Gasteiger partial charge is 0.508 e. The lowest BCUT2D eigenvalue weighted by Crippen LogP contribution is -2.56. The Morgan fingerprint density at radius 3 is 1.62 bits per heavy atom. The molecule has 7 aromatic carbocycles. The van der Waals surface area contributed by atoms with E-state index >= 15 is 0 Å². The zero-order valence-electron chi connectivity index (χ0n) is 39.8. The van der Waals surface area contributed by atoms with E-state index in [1.165, 1.54) is 16.8 Å². The fraction of sp³-hybridized carbons (Fsp3) is 0.200. The molecule has 2 N–H and O–H groups in total. The van der Waals surface area contributed by atoms with Crippen LogP contribution in [-0.4, -0.2) is 78.8 Å². The molecule has 13 nitrogen and oxygen atoms in total. The molecule has 1 fully saturated rings. The average molecular weight is 974 g/mol. The van der Waals surface area contributed by atoms with Crippen molar-refractivity contribution >= 4 is 18.1 Å². The highest BCUT2D eigenvalue weighted by atomic mass is 16.7. The summed E-state index contributed by atoms with van der Waals surface area (Å²) in [5.41, 5.74) is 8.83. The van der Waals surface area contributed by atoms with Gasteiger partial charge in [0.25, 0.3) is 0 Å². The Kier molecular flexibility index (Phi) is 13.1. The molecule has 73 heavy (non-hydrogen) atoms. The second-order valence-corrected chi connectivity index (χ2v) is 18.2. The molecule has 1 amide bonds. The molecule has 13 heteroatoms. The number of hydrogen-bond donors (Lipinski definition) is 2. The molecule has 0 spiro atoms. The summed E-state index contributed by atoms with van der Waals surface area (Å²) in [6.45, 7) is -0.380. The predicted octanol–water partition coefficient (Wildman–Crippen LogP) is 10.3. The third kappa shape index (κ3) is 9.03. The molecular weight excluding hydrogens is 923 g/mol. The quantitative estimate of drug-likeness (QED) is 0.0790. The molecule has 1 aromatic heterocycles. The van der Waals surface area contributed by atoms with Gasteiger partial charge >= 0.3 is 17.9 Å². The minimum absolute atomic E-state index is 0.0420. The first-order valence-electron chi connectivity index (χ1n) is 24.2. The monoisotopic (exact) mass is 973 g/mol. The van der Waals surface area contributed by atoms with E-state index in [2.05, 4.69) is 22.4 Å². The summed E-state index contributed by atoms with van der Waals surface area (Å²) in [6, 6.07) is 59.4. The lowest BCUT2D eigenvalue weighted by molar-refractivity contribution is -0.190. The van der Waals surface area contributed by atoms with Gasteiger partial charge in [-0.2, -0.15) is 4.98 Å². The SMILES string of the molecule is COc1ccc(C(OC[C@H]2OC[C@@H](n3ccc(NC(=O)OCC4c5ccccc5-c5ccccc54)nc3=O)[C@H](OC(=O)OCC3c4ccccc4-c4ccccc43)[C@@H]2O)(c2ccccc2)c2ccccc2)cc1. The average Bonchev–Trinajstić information content (AvgIpc) is 3.94. The number of carbonyl (C=O) groups excluding carboxylic acids is 2. The van der Waals surface area contributed by atoms with Crippen LogP contribution in [0.1, 0.15) is 56.8 Å². The van der Waals surface area contributed by atoms with Crippen molar-refractivity contribution in [2.24, 2.45) is 0 Å². The number of nitrogens with one attached hydrogen (secondary N) is 1. The van der Waals surface area contributed by atoms with Gasteiger partial charge in [-0.05, 0) is 79.4 Å². The van der Waals surface area contributed by atoms with Crippen LogP contribution in [0.25, 0.3) is 22.3 Å². The highest BCUT2D eigenvalue weighted by Gasteiger charge is 2.47. The fourth-order valence-electron chi connectivity index (χ4n) is 10.7. The van der Waals surface area contributed by atoms with E-state index in [4.69, 9.17) is 28.4 Å². The first-order chi connectivity index (χ1) is 35.8. The van der Waals surface area contributed by atoms with Gasteiger partial charge in [0.1, 0.15) is 48.6 Å². The molecule has 1 saturated heterocycles. The van der Waals surface area contributed by atoms with Gasteiger partial charge in [0.2, 0.25) is 0 Å². The molecular formula is C60H51N3O10. The van der Waals surface area contributed by atoms with E-state index in [0.717, 1.165) is 61.2 Å². The van der Waals surface area contributed by atoms with Crippen LogP contribution >= 0.6 is 0 Å². The molecule has 0 saturated carbocycles. The normalized spacial score (nSPS) is 17.9. The molecule has 11 rings (SSSR count). The number of aromatic nitrogens is 2. The smallest absolute Gasteiger partial charge is 0.497 e. The maximum atomic E-state index is 14.0. The van der Waals surface area contributed by atoms with E-state index in [1.807, 2.05) is 170 Å². The van der Waals surface area contributed by atoms with Gasteiger partial charge in [-0.1, -0.05) is 170 Å². The summed E-state index contributed by atoms with van der Waals surface area (Å²) in [4.78, 5) is 45.4. The second kappa shape index (κ2) is 20.4. The van der Waals surface area contributed by atoms with Crippen LogP contribution in [-0.2, 0) is 29.3 Å². The molecule has 2 heterocycles. The lowest BCUT2D eigenvalue weighted by Gasteiger charge is -2.42. The van der Waals surface area contributed by atoms with Crippen molar-refractivity contribution in [1.29, 1.82) is 0 Å². The Bertz CT molecular complexity index is 3200. The van der Waals surface area contributed by atoms with E-state index in [9.17, 15) is 19.5 Å². The first kappa shape index (κ1) is 47.0. The Balaban J connectivity index is 0.853. The van der Waals surface area contributed by atoms with E-state index in [0.29, 0.717) is 5.75 Å². The van der Waals surface area contributed by atoms with Gasteiger partial charge < -0.3 is 33.5 Å². The zero-order chi connectivity index (χ0) is 49.9. The number of amides is 1. The number of anilines is 1. The van der Waals surface area contributed by atoms with Gasteiger partial charge in [0.15, 0.2) is 6.10 Å². The minimum Gasteiger partial charge on any atom is -0.497 e. The highest BCUT2D eigenvalue weighted by molar-refractivity contribution is 5.84. The van der Waals surface area contributed by atoms with Crippen LogP contribution in [0.15, 0.2) is 199 Å². The van der Waals surface area contributed by atoms with Crippen molar-refractivity contribution in [3.63, 3.8) is 0 Å². The number of benzene rings is 7. The Labute approximate surface area is 421 Å².